The van der Waals surface area contributed by atoms with E-state index in [-0.39, 0.29) is 0 Å². The Morgan fingerprint density at radius 1 is 1.18 bits per heavy atom. The van der Waals surface area contributed by atoms with Crippen molar-refractivity contribution in [1.82, 2.24) is 5.32 Å². The van der Waals surface area contributed by atoms with Crippen LogP contribution in [-0.4, -0.2) is 12.8 Å². The lowest BCUT2D eigenvalue weighted by Gasteiger charge is -2.05. The van der Waals surface area contributed by atoms with Crippen molar-refractivity contribution in [3.05, 3.63) is 0 Å². The highest BCUT2D eigenvalue weighted by molar-refractivity contribution is 7.17. The van der Waals surface area contributed by atoms with Gasteiger partial charge in [0.15, 0.2) is 0 Å². The minimum Gasteiger partial charge on any atom is -0.314 e. The number of hydrogen-bond donors (Lipinski definition) is 1. The largest absolute Gasteiger partial charge is 0.314 e. The normalized spacial score (nSPS) is 10.1. The second-order valence-corrected chi connectivity index (χ2v) is 2.49. The van der Waals surface area contributed by atoms with Gasteiger partial charge in [0.1, 0.15) is 0 Å². The molecule has 0 aliphatic heterocycles. The second kappa shape index (κ2) is 22.4. The van der Waals surface area contributed by atoms with E-state index in [2.05, 4.69) is 21.5 Å². The molecule has 0 spiro atoms. The lowest BCUT2D eigenvalue weighted by Crippen LogP contribution is -2.16. The molecule has 72 valence electrons. The van der Waals surface area contributed by atoms with Crippen LogP contribution in [0.4, 0.5) is 0 Å². The standard InChI is InChI=1S/C5H14NP.2C2H6/c1-3-4-5(7)6-2;2*1-2/h5-6H,3-4,7H2,1-2H3;2*1-2H3. The van der Waals surface area contributed by atoms with Gasteiger partial charge < -0.3 is 5.32 Å². The van der Waals surface area contributed by atoms with Crippen LogP contribution in [0, 0.1) is 0 Å². The molecule has 0 aromatic rings. The van der Waals surface area contributed by atoms with E-state index >= 15 is 0 Å². The molecule has 0 radical (unpaired) electrons. The highest BCUT2D eigenvalue weighted by Crippen LogP contribution is 2.01. The van der Waals surface area contributed by atoms with Crippen LogP contribution in [-0.2, 0) is 0 Å². The Kier molecular flexibility index (Phi) is 35.6. The van der Waals surface area contributed by atoms with Crippen LogP contribution in [0.3, 0.4) is 0 Å². The highest BCUT2D eigenvalue weighted by Gasteiger charge is 1.91. The molecule has 0 amide bonds. The van der Waals surface area contributed by atoms with Crippen LogP contribution in [0.2, 0.25) is 0 Å². The summed E-state index contributed by atoms with van der Waals surface area (Å²) < 4.78 is 0. The quantitative estimate of drug-likeness (QED) is 0.656. The fourth-order valence-electron chi connectivity index (χ4n) is 0.455. The lowest BCUT2D eigenvalue weighted by molar-refractivity contribution is 0.665. The van der Waals surface area contributed by atoms with Crippen LogP contribution in [0.25, 0.3) is 0 Å². The van der Waals surface area contributed by atoms with Crippen molar-refractivity contribution in [2.45, 2.75) is 53.2 Å². The van der Waals surface area contributed by atoms with Gasteiger partial charge in [-0.1, -0.05) is 41.0 Å². The summed E-state index contributed by atoms with van der Waals surface area (Å²) in [5.41, 5.74) is 0. The summed E-state index contributed by atoms with van der Waals surface area (Å²) >= 11 is 0. The Morgan fingerprint density at radius 2 is 1.55 bits per heavy atom. The molecule has 0 rings (SSSR count). The number of hydrogen-bond acceptors (Lipinski definition) is 1. The van der Waals surface area contributed by atoms with E-state index in [1.165, 1.54) is 12.8 Å². The zero-order valence-electron chi connectivity index (χ0n) is 9.07. The van der Waals surface area contributed by atoms with Gasteiger partial charge in [-0.15, -0.1) is 9.24 Å². The predicted octanol–water partition coefficient (Wildman–Crippen LogP) is 3.26. The summed E-state index contributed by atoms with van der Waals surface area (Å²) in [7, 11) is 4.72. The van der Waals surface area contributed by atoms with Gasteiger partial charge in [-0.2, -0.15) is 0 Å². The molecule has 0 aromatic heterocycles. The third-order valence-corrected chi connectivity index (χ3v) is 1.64. The second-order valence-electron chi connectivity index (χ2n) is 1.68. The molecule has 2 unspecified atom stereocenters. The first-order chi connectivity index (χ1) is 5.31. The third kappa shape index (κ3) is 25.2. The Morgan fingerprint density at radius 3 is 1.64 bits per heavy atom. The molecule has 0 aliphatic rings. The molecule has 0 fully saturated rings. The molecule has 0 bridgehead atoms. The average molecular weight is 179 g/mol. The van der Waals surface area contributed by atoms with Gasteiger partial charge in [0.2, 0.25) is 0 Å². The summed E-state index contributed by atoms with van der Waals surface area (Å²) in [4.78, 5) is 0. The third-order valence-electron chi connectivity index (χ3n) is 0.970. The van der Waals surface area contributed by atoms with E-state index in [1.807, 2.05) is 34.7 Å². The molecular formula is C9H26NP. The summed E-state index contributed by atoms with van der Waals surface area (Å²) in [6, 6.07) is 0. The molecule has 11 heavy (non-hydrogen) atoms. The summed E-state index contributed by atoms with van der Waals surface area (Å²) in [5.74, 6) is 0.616. The monoisotopic (exact) mass is 179 g/mol. The number of nitrogens with one attached hydrogen (secondary N) is 1. The van der Waals surface area contributed by atoms with Crippen LogP contribution in [0.1, 0.15) is 47.5 Å². The first-order valence-corrected chi connectivity index (χ1v) is 5.40. The molecule has 2 atom stereocenters. The van der Waals surface area contributed by atoms with E-state index < -0.39 is 0 Å². The topological polar surface area (TPSA) is 12.0 Å². The molecule has 0 saturated carbocycles. The first kappa shape index (κ1) is 17.5. The fourth-order valence-corrected chi connectivity index (χ4v) is 0.789. The highest BCUT2D eigenvalue weighted by atomic mass is 31.0. The maximum Gasteiger partial charge on any atom is 0.0208 e. The minimum absolute atomic E-state index is 0.616. The maximum atomic E-state index is 3.13. The average Bonchev–Trinajstić information content (AvgIpc) is 2.12. The van der Waals surface area contributed by atoms with Crippen molar-refractivity contribution in [1.29, 1.82) is 0 Å². The van der Waals surface area contributed by atoms with Gasteiger partial charge in [-0.3, -0.25) is 0 Å². The van der Waals surface area contributed by atoms with Gasteiger partial charge in [0, 0.05) is 5.78 Å². The molecule has 0 saturated heterocycles. The van der Waals surface area contributed by atoms with Gasteiger partial charge in [-0.25, -0.2) is 0 Å². The molecule has 0 aromatic carbocycles. The number of rotatable bonds is 3. The van der Waals surface area contributed by atoms with Gasteiger partial charge in [0.05, 0.1) is 0 Å². The van der Waals surface area contributed by atoms with Crippen molar-refractivity contribution < 1.29 is 0 Å². The van der Waals surface area contributed by atoms with Crippen molar-refractivity contribution in [3.8, 4) is 0 Å². The molecule has 1 nitrogen and oxygen atoms in total. The summed E-state index contributed by atoms with van der Waals surface area (Å²) in [5, 5.41) is 3.13. The van der Waals surface area contributed by atoms with E-state index in [4.69, 9.17) is 0 Å². The van der Waals surface area contributed by atoms with Crippen molar-refractivity contribution in [3.63, 3.8) is 0 Å². The first-order valence-electron chi connectivity index (χ1n) is 4.74. The molecule has 2 heteroatoms. The Bertz CT molecular complexity index is 40.5. The zero-order chi connectivity index (χ0) is 9.70. The molecular weight excluding hydrogens is 153 g/mol. The minimum atomic E-state index is 0.616. The molecule has 0 aliphatic carbocycles. The van der Waals surface area contributed by atoms with Crippen molar-refractivity contribution in [2.24, 2.45) is 0 Å². The van der Waals surface area contributed by atoms with Gasteiger partial charge in [-0.05, 0) is 13.5 Å². The maximum absolute atomic E-state index is 3.13. The SMILES string of the molecule is CC.CC.CCCC(P)NC. The van der Waals surface area contributed by atoms with E-state index in [0.717, 1.165) is 0 Å². The lowest BCUT2D eigenvalue weighted by atomic mass is 10.3. The Labute approximate surface area is 75.6 Å². The van der Waals surface area contributed by atoms with Crippen LogP contribution in [0.5, 0.6) is 0 Å². The van der Waals surface area contributed by atoms with Crippen molar-refractivity contribution in [2.75, 3.05) is 7.05 Å². The van der Waals surface area contributed by atoms with E-state index in [1.54, 1.807) is 0 Å². The Balaban J connectivity index is -0.000000138. The predicted molar refractivity (Wildman–Crippen MR) is 60.2 cm³/mol. The fraction of sp³-hybridized carbons (Fsp3) is 1.00. The van der Waals surface area contributed by atoms with Crippen molar-refractivity contribution >= 4 is 9.24 Å². The summed E-state index contributed by atoms with van der Waals surface area (Å²) in [6.07, 6.45) is 2.51. The Hall–Kier alpha value is 0.390. The van der Waals surface area contributed by atoms with E-state index in [0.29, 0.717) is 5.78 Å². The van der Waals surface area contributed by atoms with E-state index in [9.17, 15) is 0 Å². The van der Waals surface area contributed by atoms with Crippen LogP contribution < -0.4 is 5.32 Å². The van der Waals surface area contributed by atoms with Gasteiger partial charge >= 0.3 is 0 Å². The van der Waals surface area contributed by atoms with Crippen LogP contribution in [0.15, 0.2) is 0 Å². The molecule has 1 N–H and O–H groups in total. The smallest absolute Gasteiger partial charge is 0.0208 e. The zero-order valence-corrected chi connectivity index (χ0v) is 10.2. The summed E-state index contributed by atoms with van der Waals surface area (Å²) in [6.45, 7) is 10.2. The van der Waals surface area contributed by atoms with Gasteiger partial charge in [0.25, 0.3) is 0 Å². The van der Waals surface area contributed by atoms with Crippen LogP contribution >= 0.6 is 9.24 Å². The molecule has 0 heterocycles.